The summed E-state index contributed by atoms with van der Waals surface area (Å²) >= 11 is 0. The predicted octanol–water partition coefficient (Wildman–Crippen LogP) is 4.13. The molecule has 0 aromatic carbocycles. The van der Waals surface area contributed by atoms with Crippen molar-refractivity contribution in [2.24, 2.45) is 23.5 Å². The number of rotatable bonds is 4. The average Bonchev–Trinajstić information content (AvgIpc) is 2.38. The number of hydrogen-bond acceptors (Lipinski definition) is 2. The largest absolute Gasteiger partial charge is 0.374 e. The summed E-state index contributed by atoms with van der Waals surface area (Å²) in [5.74, 6) is 2.34. The highest BCUT2D eigenvalue weighted by Crippen LogP contribution is 2.42. The molecule has 2 saturated carbocycles. The maximum Gasteiger partial charge on any atom is 0.0835 e. The van der Waals surface area contributed by atoms with Crippen LogP contribution in [0.4, 0.5) is 0 Å². The molecule has 0 amide bonds. The molecule has 0 aliphatic heterocycles. The van der Waals surface area contributed by atoms with Crippen LogP contribution in [-0.2, 0) is 4.74 Å². The molecule has 2 N–H and O–H groups in total. The molecule has 0 aromatic heterocycles. The summed E-state index contributed by atoms with van der Waals surface area (Å²) in [6, 6.07) is 0.248. The zero-order chi connectivity index (χ0) is 13.9. The minimum absolute atomic E-state index is 0.00551. The fourth-order valence-corrected chi connectivity index (χ4v) is 4.74. The molecular formula is C17H33NO. The van der Waals surface area contributed by atoms with Gasteiger partial charge in [0.25, 0.3) is 0 Å². The molecule has 0 bridgehead atoms. The highest BCUT2D eigenvalue weighted by atomic mass is 16.5. The van der Waals surface area contributed by atoms with Crippen LogP contribution in [0.2, 0.25) is 0 Å². The SMILES string of the molecule is CCOC1(C(N)C2CC(C)CC(C)C2)CCCCC1. The second-order valence-electron chi connectivity index (χ2n) is 7.26. The summed E-state index contributed by atoms with van der Waals surface area (Å²) < 4.78 is 6.23. The van der Waals surface area contributed by atoms with Crippen LogP contribution in [-0.4, -0.2) is 18.2 Å². The van der Waals surface area contributed by atoms with Gasteiger partial charge in [0.1, 0.15) is 0 Å². The smallest absolute Gasteiger partial charge is 0.0835 e. The number of nitrogens with two attached hydrogens (primary N) is 1. The Kier molecular flexibility index (Phi) is 5.30. The van der Waals surface area contributed by atoms with Gasteiger partial charge in [-0.1, -0.05) is 33.1 Å². The number of hydrogen-bond donors (Lipinski definition) is 1. The lowest BCUT2D eigenvalue weighted by atomic mass is 9.67. The van der Waals surface area contributed by atoms with Gasteiger partial charge >= 0.3 is 0 Å². The lowest BCUT2D eigenvalue weighted by Crippen LogP contribution is -2.56. The van der Waals surface area contributed by atoms with E-state index in [4.69, 9.17) is 10.5 Å². The van der Waals surface area contributed by atoms with E-state index in [9.17, 15) is 0 Å². The standard InChI is InChI=1S/C17H33NO/c1-4-19-17(8-6-5-7-9-17)16(18)15-11-13(2)10-14(3)12-15/h13-16H,4-12,18H2,1-3H3. The Hall–Kier alpha value is -0.0800. The Labute approximate surface area is 119 Å². The Balaban J connectivity index is 2.07. The van der Waals surface area contributed by atoms with E-state index in [1.54, 1.807) is 0 Å². The average molecular weight is 267 g/mol. The van der Waals surface area contributed by atoms with Gasteiger partial charge in [0, 0.05) is 12.6 Å². The molecule has 0 spiro atoms. The topological polar surface area (TPSA) is 35.2 Å². The highest BCUT2D eigenvalue weighted by Gasteiger charge is 2.43. The van der Waals surface area contributed by atoms with Gasteiger partial charge in [0.05, 0.1) is 5.60 Å². The maximum absolute atomic E-state index is 6.74. The molecule has 2 nitrogen and oxygen atoms in total. The van der Waals surface area contributed by atoms with E-state index in [1.165, 1.54) is 51.4 Å². The Bertz CT molecular complexity index is 257. The number of ether oxygens (including phenoxy) is 1. The summed E-state index contributed by atoms with van der Waals surface area (Å²) in [7, 11) is 0. The quantitative estimate of drug-likeness (QED) is 0.831. The molecule has 112 valence electrons. The van der Waals surface area contributed by atoms with Crippen molar-refractivity contribution in [3.63, 3.8) is 0 Å². The zero-order valence-corrected chi connectivity index (χ0v) is 13.2. The van der Waals surface area contributed by atoms with E-state index in [1.807, 2.05) is 0 Å². The van der Waals surface area contributed by atoms with Gasteiger partial charge in [-0.25, -0.2) is 0 Å². The van der Waals surface area contributed by atoms with Crippen molar-refractivity contribution in [2.45, 2.75) is 83.8 Å². The van der Waals surface area contributed by atoms with Crippen LogP contribution in [0.25, 0.3) is 0 Å². The van der Waals surface area contributed by atoms with Gasteiger partial charge in [0.15, 0.2) is 0 Å². The van der Waals surface area contributed by atoms with E-state index in [-0.39, 0.29) is 11.6 Å². The molecule has 2 rings (SSSR count). The first-order valence-corrected chi connectivity index (χ1v) is 8.47. The Morgan fingerprint density at radius 1 is 1.05 bits per heavy atom. The Morgan fingerprint density at radius 2 is 1.63 bits per heavy atom. The van der Waals surface area contributed by atoms with E-state index < -0.39 is 0 Å². The molecule has 2 heteroatoms. The monoisotopic (exact) mass is 267 g/mol. The third kappa shape index (κ3) is 3.52. The Morgan fingerprint density at radius 3 is 2.16 bits per heavy atom. The van der Waals surface area contributed by atoms with Crippen LogP contribution in [0.1, 0.15) is 72.1 Å². The lowest BCUT2D eigenvalue weighted by molar-refractivity contribution is -0.0992. The van der Waals surface area contributed by atoms with Crippen LogP contribution in [0.15, 0.2) is 0 Å². The second kappa shape index (κ2) is 6.58. The molecule has 0 radical (unpaired) electrons. The van der Waals surface area contributed by atoms with Crippen molar-refractivity contribution in [1.82, 2.24) is 0 Å². The van der Waals surface area contributed by atoms with Crippen LogP contribution in [0.5, 0.6) is 0 Å². The zero-order valence-electron chi connectivity index (χ0n) is 13.2. The molecule has 3 atom stereocenters. The fourth-order valence-electron chi connectivity index (χ4n) is 4.74. The van der Waals surface area contributed by atoms with Crippen molar-refractivity contribution < 1.29 is 4.74 Å². The van der Waals surface area contributed by atoms with Crippen molar-refractivity contribution in [3.8, 4) is 0 Å². The van der Waals surface area contributed by atoms with Gasteiger partial charge in [-0.15, -0.1) is 0 Å². The lowest BCUT2D eigenvalue weighted by Gasteiger charge is -2.47. The third-order valence-corrected chi connectivity index (χ3v) is 5.46. The van der Waals surface area contributed by atoms with Crippen LogP contribution < -0.4 is 5.73 Å². The van der Waals surface area contributed by atoms with Crippen molar-refractivity contribution in [2.75, 3.05) is 6.61 Å². The fraction of sp³-hybridized carbons (Fsp3) is 1.00. The van der Waals surface area contributed by atoms with Crippen molar-refractivity contribution in [3.05, 3.63) is 0 Å². The molecule has 0 heterocycles. The van der Waals surface area contributed by atoms with E-state index >= 15 is 0 Å². The first-order chi connectivity index (χ1) is 9.07. The molecule has 2 aliphatic carbocycles. The van der Waals surface area contributed by atoms with E-state index in [2.05, 4.69) is 20.8 Å². The van der Waals surface area contributed by atoms with Crippen LogP contribution >= 0.6 is 0 Å². The minimum Gasteiger partial charge on any atom is -0.374 e. The van der Waals surface area contributed by atoms with Gasteiger partial charge in [-0.2, -0.15) is 0 Å². The van der Waals surface area contributed by atoms with Gasteiger partial charge in [-0.05, 0) is 56.8 Å². The third-order valence-electron chi connectivity index (χ3n) is 5.46. The van der Waals surface area contributed by atoms with Crippen molar-refractivity contribution in [1.29, 1.82) is 0 Å². The van der Waals surface area contributed by atoms with E-state index in [0.29, 0.717) is 5.92 Å². The summed E-state index contributed by atoms with van der Waals surface area (Å²) in [4.78, 5) is 0. The normalized spacial score (nSPS) is 36.9. The van der Waals surface area contributed by atoms with Crippen LogP contribution in [0, 0.1) is 17.8 Å². The second-order valence-corrected chi connectivity index (χ2v) is 7.26. The summed E-state index contributed by atoms with van der Waals surface area (Å²) in [5.41, 5.74) is 6.74. The van der Waals surface area contributed by atoms with Gasteiger partial charge in [-0.3, -0.25) is 0 Å². The molecule has 3 unspecified atom stereocenters. The molecule has 0 aromatic rings. The highest BCUT2D eigenvalue weighted by molar-refractivity contribution is 4.98. The molecule has 0 saturated heterocycles. The van der Waals surface area contributed by atoms with Gasteiger partial charge < -0.3 is 10.5 Å². The van der Waals surface area contributed by atoms with Crippen molar-refractivity contribution >= 4 is 0 Å². The molecule has 2 fully saturated rings. The maximum atomic E-state index is 6.74. The summed E-state index contributed by atoms with van der Waals surface area (Å²) in [6.07, 6.45) is 10.3. The van der Waals surface area contributed by atoms with E-state index in [0.717, 1.165) is 18.4 Å². The first kappa shape index (κ1) is 15.3. The first-order valence-electron chi connectivity index (χ1n) is 8.47. The van der Waals surface area contributed by atoms with Gasteiger partial charge in [0.2, 0.25) is 0 Å². The summed E-state index contributed by atoms with van der Waals surface area (Å²) in [6.45, 7) is 7.72. The predicted molar refractivity (Wildman–Crippen MR) is 81.1 cm³/mol. The van der Waals surface area contributed by atoms with Crippen LogP contribution in [0.3, 0.4) is 0 Å². The summed E-state index contributed by atoms with van der Waals surface area (Å²) in [5, 5.41) is 0. The molecule has 19 heavy (non-hydrogen) atoms. The molecule has 2 aliphatic rings. The minimum atomic E-state index is -0.00551. The molecular weight excluding hydrogens is 234 g/mol.